The van der Waals surface area contributed by atoms with Crippen LogP contribution in [0.25, 0.3) is 10.7 Å². The number of thiazole rings is 1. The van der Waals surface area contributed by atoms with Crippen molar-refractivity contribution in [3.05, 3.63) is 35.0 Å². The minimum atomic E-state index is -1.82. The molecule has 0 spiro atoms. The lowest BCUT2D eigenvalue weighted by Gasteiger charge is -2.36. The Balaban J connectivity index is 0.000000353. The van der Waals surface area contributed by atoms with Gasteiger partial charge in [0.15, 0.2) is 5.13 Å². The molecule has 0 radical (unpaired) electrons. The van der Waals surface area contributed by atoms with E-state index in [0.717, 1.165) is 18.0 Å². The average molecular weight is 437 g/mol. The highest BCUT2D eigenvalue weighted by molar-refractivity contribution is 7.13. The minimum absolute atomic E-state index is 0.0526. The maximum Gasteiger partial charge on any atom is 0.414 e. The molecule has 3 aromatic heterocycles. The first-order chi connectivity index (χ1) is 13.9. The summed E-state index contributed by atoms with van der Waals surface area (Å²) in [6, 6.07) is 3.93. The van der Waals surface area contributed by atoms with Crippen LogP contribution in [0, 0.1) is 0 Å². The molecule has 4 heterocycles. The van der Waals surface area contributed by atoms with Crippen LogP contribution in [0.1, 0.15) is 11.8 Å². The molecule has 152 valence electrons. The number of nitrogens with one attached hydrogen (secondary N) is 1. The summed E-state index contributed by atoms with van der Waals surface area (Å²) in [5, 5.41) is 26.0. The predicted molar refractivity (Wildman–Crippen MR) is 103 cm³/mol. The number of carbonyl (C=O) groups is 3. The van der Waals surface area contributed by atoms with Crippen molar-refractivity contribution in [2.45, 2.75) is 5.92 Å². The van der Waals surface area contributed by atoms with Crippen LogP contribution in [0.3, 0.4) is 0 Å². The predicted octanol–water partition coefficient (Wildman–Crippen LogP) is 1.45. The number of carboxylic acids is 2. The summed E-state index contributed by atoms with van der Waals surface area (Å²) in [4.78, 5) is 41.6. The summed E-state index contributed by atoms with van der Waals surface area (Å²) in [7, 11) is 0. The Morgan fingerprint density at radius 2 is 1.97 bits per heavy atom. The van der Waals surface area contributed by atoms with E-state index in [2.05, 4.69) is 20.4 Å². The zero-order valence-electron chi connectivity index (χ0n) is 14.7. The lowest BCUT2D eigenvalue weighted by atomic mass is 10.0. The number of aromatic nitrogens is 3. The van der Waals surface area contributed by atoms with Crippen LogP contribution in [-0.2, 0) is 14.4 Å². The number of likely N-dealkylation sites (tertiary alicyclic amines) is 1. The van der Waals surface area contributed by atoms with Crippen molar-refractivity contribution in [2.75, 3.05) is 25.0 Å². The summed E-state index contributed by atoms with van der Waals surface area (Å²) < 4.78 is 5.34. The summed E-state index contributed by atoms with van der Waals surface area (Å²) >= 11 is 2.99. The number of aliphatic carboxylic acids is 2. The molecule has 1 aliphatic rings. The molecular weight excluding hydrogens is 422 g/mol. The van der Waals surface area contributed by atoms with E-state index in [0.29, 0.717) is 23.4 Å². The highest BCUT2D eigenvalue weighted by Gasteiger charge is 2.33. The van der Waals surface area contributed by atoms with Gasteiger partial charge in [-0.05, 0) is 11.4 Å². The maximum atomic E-state index is 11.9. The molecule has 0 bridgehead atoms. The molecule has 1 amide bonds. The highest BCUT2D eigenvalue weighted by atomic mass is 32.1. The normalized spacial score (nSPS) is 13.8. The van der Waals surface area contributed by atoms with E-state index >= 15 is 0 Å². The van der Waals surface area contributed by atoms with Gasteiger partial charge in [-0.3, -0.25) is 9.69 Å². The lowest BCUT2D eigenvalue weighted by Crippen LogP contribution is -2.48. The Bertz CT molecular complexity index is 954. The Labute approximate surface area is 171 Å². The summed E-state index contributed by atoms with van der Waals surface area (Å²) in [6.07, 6.45) is 1.67. The molecule has 29 heavy (non-hydrogen) atoms. The van der Waals surface area contributed by atoms with Gasteiger partial charge in [0.2, 0.25) is 17.6 Å². The fourth-order valence-corrected chi connectivity index (χ4v) is 3.60. The highest BCUT2D eigenvalue weighted by Crippen LogP contribution is 2.28. The van der Waals surface area contributed by atoms with Crippen molar-refractivity contribution in [1.82, 2.24) is 20.0 Å². The molecule has 11 nitrogen and oxygen atoms in total. The Kier molecular flexibility index (Phi) is 6.64. The van der Waals surface area contributed by atoms with Gasteiger partial charge in [-0.25, -0.2) is 14.6 Å². The Hall–Kier alpha value is -3.16. The largest absolute Gasteiger partial charge is 0.473 e. The minimum Gasteiger partial charge on any atom is -0.473 e. The van der Waals surface area contributed by atoms with Gasteiger partial charge >= 0.3 is 11.9 Å². The van der Waals surface area contributed by atoms with Gasteiger partial charge < -0.3 is 20.1 Å². The molecule has 1 aliphatic heterocycles. The van der Waals surface area contributed by atoms with Crippen molar-refractivity contribution < 1.29 is 29.1 Å². The molecule has 1 fully saturated rings. The van der Waals surface area contributed by atoms with Crippen molar-refractivity contribution >= 4 is 45.7 Å². The van der Waals surface area contributed by atoms with Crippen molar-refractivity contribution in [1.29, 1.82) is 0 Å². The molecule has 1 saturated heterocycles. The second-order valence-corrected chi connectivity index (χ2v) is 7.66. The lowest BCUT2D eigenvalue weighted by molar-refractivity contribution is -0.159. The van der Waals surface area contributed by atoms with Crippen LogP contribution >= 0.6 is 22.7 Å². The molecule has 3 aromatic rings. The van der Waals surface area contributed by atoms with E-state index in [-0.39, 0.29) is 11.8 Å². The SMILES string of the molecule is O=C(CN1CC(c2nc(-c3cccs3)no2)C1)Nc1nccs1.O=C(O)C(=O)O. The van der Waals surface area contributed by atoms with Gasteiger partial charge in [0, 0.05) is 24.7 Å². The number of hydrogen-bond acceptors (Lipinski definition) is 10. The van der Waals surface area contributed by atoms with Crippen molar-refractivity contribution in [2.24, 2.45) is 0 Å². The third-order valence-corrected chi connectivity index (χ3v) is 5.27. The molecule has 0 aliphatic carbocycles. The van der Waals surface area contributed by atoms with Crippen LogP contribution in [0.5, 0.6) is 0 Å². The molecule has 0 atom stereocenters. The molecule has 0 aromatic carbocycles. The number of thiophene rings is 1. The number of carbonyl (C=O) groups excluding carboxylic acids is 1. The molecule has 3 N–H and O–H groups in total. The van der Waals surface area contributed by atoms with Crippen LogP contribution in [0.4, 0.5) is 5.13 Å². The number of nitrogens with zero attached hydrogens (tertiary/aromatic N) is 4. The summed E-state index contributed by atoms with van der Waals surface area (Å²) in [6.45, 7) is 1.84. The topological polar surface area (TPSA) is 159 Å². The number of hydrogen-bond donors (Lipinski definition) is 3. The summed E-state index contributed by atoms with van der Waals surface area (Å²) in [5.74, 6) is -2.22. The fraction of sp³-hybridized carbons (Fsp3) is 0.250. The maximum absolute atomic E-state index is 11.9. The van der Waals surface area contributed by atoms with Crippen LogP contribution in [-0.4, -0.2) is 67.7 Å². The van der Waals surface area contributed by atoms with E-state index < -0.39 is 11.9 Å². The van der Waals surface area contributed by atoms with E-state index in [1.807, 2.05) is 27.8 Å². The van der Waals surface area contributed by atoms with Gasteiger partial charge in [-0.2, -0.15) is 4.98 Å². The van der Waals surface area contributed by atoms with Crippen LogP contribution < -0.4 is 5.32 Å². The zero-order valence-corrected chi connectivity index (χ0v) is 16.4. The number of amides is 1. The monoisotopic (exact) mass is 437 g/mol. The van der Waals surface area contributed by atoms with Gasteiger partial charge in [0.1, 0.15) is 0 Å². The fourth-order valence-electron chi connectivity index (χ4n) is 2.41. The second-order valence-electron chi connectivity index (χ2n) is 5.82. The zero-order chi connectivity index (χ0) is 20.8. The van der Waals surface area contributed by atoms with Gasteiger partial charge in [-0.1, -0.05) is 11.2 Å². The molecule has 4 rings (SSSR count). The van der Waals surface area contributed by atoms with Crippen LogP contribution in [0.2, 0.25) is 0 Å². The summed E-state index contributed by atoms with van der Waals surface area (Å²) in [5.41, 5.74) is 0. The third kappa shape index (κ3) is 5.66. The van der Waals surface area contributed by atoms with Gasteiger partial charge in [-0.15, -0.1) is 22.7 Å². The first-order valence-electron chi connectivity index (χ1n) is 8.17. The van der Waals surface area contributed by atoms with Gasteiger partial charge in [0.25, 0.3) is 0 Å². The molecular formula is C16H15N5O6S2. The van der Waals surface area contributed by atoms with E-state index in [1.54, 1.807) is 17.5 Å². The van der Waals surface area contributed by atoms with Crippen LogP contribution in [0.15, 0.2) is 33.6 Å². The number of rotatable bonds is 5. The smallest absolute Gasteiger partial charge is 0.414 e. The van der Waals surface area contributed by atoms with E-state index in [4.69, 9.17) is 24.3 Å². The molecule has 13 heteroatoms. The van der Waals surface area contributed by atoms with E-state index in [9.17, 15) is 4.79 Å². The number of carboxylic acid groups (broad SMARTS) is 2. The second kappa shape index (κ2) is 9.36. The third-order valence-electron chi connectivity index (χ3n) is 3.72. The quantitative estimate of drug-likeness (QED) is 0.499. The van der Waals surface area contributed by atoms with E-state index in [1.165, 1.54) is 11.3 Å². The first-order valence-corrected chi connectivity index (χ1v) is 9.93. The van der Waals surface area contributed by atoms with Crippen molar-refractivity contribution in [3.63, 3.8) is 0 Å². The molecule has 0 unspecified atom stereocenters. The Morgan fingerprint density at radius 3 is 2.55 bits per heavy atom. The molecule has 0 saturated carbocycles. The Morgan fingerprint density at radius 1 is 1.21 bits per heavy atom. The number of anilines is 1. The standard InChI is InChI=1S/C14H13N5O2S2.C2H2O4/c20-11(16-14-15-3-5-23-14)8-19-6-9(7-19)13-17-12(18-21-13)10-2-1-4-22-10;3-1(4)2(5)6/h1-5,9H,6-8H2,(H,15,16,20);(H,3,4)(H,5,6). The van der Waals surface area contributed by atoms with Gasteiger partial charge in [0.05, 0.1) is 17.3 Å². The average Bonchev–Trinajstić information content (AvgIpc) is 3.39. The first kappa shape index (κ1) is 20.6. The van der Waals surface area contributed by atoms with Crippen molar-refractivity contribution in [3.8, 4) is 10.7 Å².